The van der Waals surface area contributed by atoms with E-state index in [1.165, 1.54) is 11.1 Å². The van der Waals surface area contributed by atoms with Crippen LogP contribution in [0.1, 0.15) is 37.8 Å². The number of hydrogen-bond donors (Lipinski definition) is 0. The predicted molar refractivity (Wildman–Crippen MR) is 82.7 cm³/mol. The van der Waals surface area contributed by atoms with Gasteiger partial charge < -0.3 is 0 Å². The summed E-state index contributed by atoms with van der Waals surface area (Å²) in [5.41, 5.74) is 2.61. The molecular formula is C18H22Zr. The molecule has 2 rings (SSSR count). The van der Waals surface area contributed by atoms with Crippen molar-refractivity contribution in [2.45, 2.75) is 26.7 Å². The number of rotatable bonds is 4. The predicted octanol–water partition coefficient (Wildman–Crippen LogP) is 5.65. The average molecular weight is 330 g/mol. The van der Waals surface area contributed by atoms with Crippen molar-refractivity contribution in [2.24, 2.45) is 0 Å². The first-order valence-corrected chi connectivity index (χ1v) is 6.63. The van der Waals surface area contributed by atoms with Gasteiger partial charge in [-0.1, -0.05) is 26.0 Å². The van der Waals surface area contributed by atoms with Crippen molar-refractivity contribution < 1.29 is 26.2 Å². The molecule has 0 aliphatic carbocycles. The van der Waals surface area contributed by atoms with E-state index in [9.17, 15) is 0 Å². The van der Waals surface area contributed by atoms with Crippen molar-refractivity contribution in [3.63, 3.8) is 0 Å². The molecule has 2 aromatic carbocycles. The van der Waals surface area contributed by atoms with Crippen molar-refractivity contribution in [3.05, 3.63) is 71.8 Å². The van der Waals surface area contributed by atoms with Crippen LogP contribution in [0, 0.1) is 0 Å². The van der Waals surface area contributed by atoms with E-state index in [0.29, 0.717) is 0 Å². The maximum Gasteiger partial charge on any atom is 2.00 e. The Morgan fingerprint density at radius 1 is 0.842 bits per heavy atom. The minimum Gasteiger partial charge on any atom is -0.207 e. The molecule has 0 heterocycles. The molecule has 0 nitrogen and oxygen atoms in total. The van der Waals surface area contributed by atoms with Crippen molar-refractivity contribution >= 4 is 12.2 Å². The van der Waals surface area contributed by atoms with Crippen molar-refractivity contribution in [1.82, 2.24) is 0 Å². The molecule has 0 amide bonds. The Balaban J connectivity index is 0.000000324. The molecule has 2 aromatic rings. The summed E-state index contributed by atoms with van der Waals surface area (Å²) in [6, 6.07) is 16.6. The van der Waals surface area contributed by atoms with Crippen LogP contribution in [0.2, 0.25) is 0 Å². The second kappa shape index (κ2) is 12.1. The van der Waals surface area contributed by atoms with Crippen LogP contribution in [-0.2, 0) is 26.2 Å². The average Bonchev–Trinajstić information content (AvgIpc) is 3.07. The third-order valence-corrected chi connectivity index (χ3v) is 2.47. The van der Waals surface area contributed by atoms with Gasteiger partial charge in [0, 0.05) is 0 Å². The summed E-state index contributed by atoms with van der Waals surface area (Å²) in [6.07, 6.45) is 10.8. The molecule has 0 aliphatic heterocycles. The Morgan fingerprint density at radius 2 is 1.26 bits per heavy atom. The summed E-state index contributed by atoms with van der Waals surface area (Å²) in [5.74, 6) is 0. The van der Waals surface area contributed by atoms with E-state index in [4.69, 9.17) is 0 Å². The fourth-order valence-corrected chi connectivity index (χ4v) is 1.51. The number of hydrogen-bond acceptors (Lipinski definition) is 0. The van der Waals surface area contributed by atoms with Crippen LogP contribution < -0.4 is 0 Å². The van der Waals surface area contributed by atoms with E-state index >= 15 is 0 Å². The van der Waals surface area contributed by atoms with Gasteiger partial charge in [-0.25, -0.2) is 12.1 Å². The van der Waals surface area contributed by atoms with Crippen molar-refractivity contribution in [1.29, 1.82) is 0 Å². The van der Waals surface area contributed by atoms with Crippen molar-refractivity contribution in [2.75, 3.05) is 0 Å². The van der Waals surface area contributed by atoms with Gasteiger partial charge in [-0.2, -0.15) is 47.5 Å². The van der Waals surface area contributed by atoms with Gasteiger partial charge >= 0.3 is 26.2 Å². The molecule has 98 valence electrons. The van der Waals surface area contributed by atoms with Crippen LogP contribution in [0.4, 0.5) is 0 Å². The van der Waals surface area contributed by atoms with Gasteiger partial charge in [0.1, 0.15) is 0 Å². The van der Waals surface area contributed by atoms with E-state index in [2.05, 4.69) is 86.7 Å². The van der Waals surface area contributed by atoms with E-state index in [1.807, 2.05) is 0 Å². The molecule has 0 saturated heterocycles. The Morgan fingerprint density at radius 3 is 1.53 bits per heavy atom. The zero-order valence-corrected chi connectivity index (χ0v) is 14.3. The first kappa shape index (κ1) is 18.1. The summed E-state index contributed by atoms with van der Waals surface area (Å²) < 4.78 is 0. The summed E-state index contributed by atoms with van der Waals surface area (Å²) in [5, 5.41) is 0. The van der Waals surface area contributed by atoms with E-state index in [0.717, 1.165) is 12.8 Å². The zero-order valence-electron chi connectivity index (χ0n) is 11.8. The quantitative estimate of drug-likeness (QED) is 0.635. The van der Waals surface area contributed by atoms with E-state index < -0.39 is 0 Å². The van der Waals surface area contributed by atoms with E-state index in [1.54, 1.807) is 0 Å². The summed E-state index contributed by atoms with van der Waals surface area (Å²) in [4.78, 5) is 0. The third-order valence-electron chi connectivity index (χ3n) is 2.47. The van der Waals surface area contributed by atoms with Crippen LogP contribution in [0.15, 0.2) is 60.7 Å². The van der Waals surface area contributed by atoms with Crippen LogP contribution in [0.3, 0.4) is 0 Å². The SMILES string of the molecule is CCC=Cc1cc[cH-]c1.CCC=Cc1cc[cH-]c1.[Zr+2]. The molecule has 0 radical (unpaired) electrons. The zero-order chi connectivity index (χ0) is 13.1. The third kappa shape index (κ3) is 8.73. The van der Waals surface area contributed by atoms with Crippen LogP contribution in [0.5, 0.6) is 0 Å². The summed E-state index contributed by atoms with van der Waals surface area (Å²) in [7, 11) is 0. The molecule has 1 heteroatoms. The van der Waals surface area contributed by atoms with Gasteiger partial charge in [0.15, 0.2) is 0 Å². The van der Waals surface area contributed by atoms with Gasteiger partial charge in [0.25, 0.3) is 0 Å². The molecule has 0 aromatic heterocycles. The smallest absolute Gasteiger partial charge is 0.207 e. The monoisotopic (exact) mass is 328 g/mol. The molecule has 0 saturated carbocycles. The Labute approximate surface area is 136 Å². The van der Waals surface area contributed by atoms with Gasteiger partial charge in [0.2, 0.25) is 0 Å². The first-order valence-electron chi connectivity index (χ1n) is 6.63. The molecule has 0 fully saturated rings. The standard InChI is InChI=1S/2C9H11.Zr/c2*1-2-3-6-9-7-4-5-8-9;/h2*3-8H,2H2,1H3;/q2*-1;+2. The Bertz CT molecular complexity index is 386. The largest absolute Gasteiger partial charge is 2.00 e. The van der Waals surface area contributed by atoms with Crippen molar-refractivity contribution in [3.8, 4) is 0 Å². The minimum atomic E-state index is 0. The normalized spacial score (nSPS) is 10.2. The van der Waals surface area contributed by atoms with Crippen LogP contribution >= 0.6 is 0 Å². The Hall–Kier alpha value is -0.937. The fraction of sp³-hybridized carbons (Fsp3) is 0.222. The summed E-state index contributed by atoms with van der Waals surface area (Å²) >= 11 is 0. The van der Waals surface area contributed by atoms with Gasteiger partial charge in [-0.3, -0.25) is 0 Å². The molecule has 19 heavy (non-hydrogen) atoms. The van der Waals surface area contributed by atoms with Gasteiger partial charge in [0.05, 0.1) is 0 Å². The fourth-order valence-electron chi connectivity index (χ4n) is 1.51. The molecule has 0 N–H and O–H groups in total. The second-order valence-corrected chi connectivity index (χ2v) is 4.06. The Kier molecular flexibility index (Phi) is 11.5. The maximum atomic E-state index is 2.16. The topological polar surface area (TPSA) is 0 Å². The first-order chi connectivity index (χ1) is 8.86. The molecule has 0 aliphatic rings. The molecule has 0 unspecified atom stereocenters. The van der Waals surface area contributed by atoms with E-state index in [-0.39, 0.29) is 26.2 Å². The second-order valence-electron chi connectivity index (χ2n) is 4.06. The van der Waals surface area contributed by atoms with Crippen LogP contribution in [-0.4, -0.2) is 0 Å². The van der Waals surface area contributed by atoms with Gasteiger partial charge in [-0.15, -0.1) is 12.2 Å². The molecule has 0 atom stereocenters. The molecular weight excluding hydrogens is 307 g/mol. The van der Waals surface area contributed by atoms with Crippen LogP contribution in [0.25, 0.3) is 12.2 Å². The molecule has 0 spiro atoms. The van der Waals surface area contributed by atoms with Gasteiger partial charge in [-0.05, 0) is 12.8 Å². The number of allylic oxidation sites excluding steroid dienone is 2. The summed E-state index contributed by atoms with van der Waals surface area (Å²) in [6.45, 7) is 4.28. The minimum absolute atomic E-state index is 0. The maximum absolute atomic E-state index is 2.16. The molecule has 0 bridgehead atoms.